The van der Waals surface area contributed by atoms with Crippen LogP contribution in [0.4, 0.5) is 0 Å². The Labute approximate surface area is 180 Å². The second kappa shape index (κ2) is 9.34. The third-order valence-electron chi connectivity index (χ3n) is 6.88. The molecule has 0 spiro atoms. The molecule has 0 saturated carbocycles. The molecule has 0 aliphatic carbocycles. The highest BCUT2D eigenvalue weighted by molar-refractivity contribution is 7.89. The highest BCUT2D eigenvalue weighted by Gasteiger charge is 2.31. The standard InChI is InChI=1S/C22H33N3O4S/c1-29-20-10-16-23(17-11-20)19-8-14-24(15-9-19)22(26)18-4-6-21(7-5-18)30(27,28)25-12-2-3-13-25/h4-7,19-20H,2-3,8-17H2,1H3. The van der Waals surface area contributed by atoms with Gasteiger partial charge in [-0.2, -0.15) is 4.31 Å². The first kappa shape index (κ1) is 21.7. The number of hydrogen-bond acceptors (Lipinski definition) is 5. The second-order valence-electron chi connectivity index (χ2n) is 8.63. The molecule has 0 unspecified atom stereocenters. The molecule has 8 heteroatoms. The zero-order valence-electron chi connectivity index (χ0n) is 17.8. The van der Waals surface area contributed by atoms with Gasteiger partial charge < -0.3 is 14.5 Å². The van der Waals surface area contributed by atoms with Crippen LogP contribution >= 0.6 is 0 Å². The molecule has 3 fully saturated rings. The summed E-state index contributed by atoms with van der Waals surface area (Å²) in [7, 11) is -1.65. The SMILES string of the molecule is COC1CCN(C2CCN(C(=O)c3ccc(S(=O)(=O)N4CCCC4)cc3)CC2)CC1. The molecule has 1 aromatic carbocycles. The van der Waals surface area contributed by atoms with E-state index < -0.39 is 10.0 Å². The van der Waals surface area contributed by atoms with Gasteiger partial charge in [-0.25, -0.2) is 8.42 Å². The number of hydrogen-bond donors (Lipinski definition) is 0. The molecule has 1 amide bonds. The number of sulfonamides is 1. The van der Waals surface area contributed by atoms with Crippen LogP contribution in [0.5, 0.6) is 0 Å². The molecule has 1 aromatic rings. The van der Waals surface area contributed by atoms with E-state index >= 15 is 0 Å². The van der Waals surface area contributed by atoms with Crippen LogP contribution in [0.3, 0.4) is 0 Å². The van der Waals surface area contributed by atoms with E-state index in [2.05, 4.69) is 4.90 Å². The van der Waals surface area contributed by atoms with Gasteiger partial charge in [0.05, 0.1) is 11.0 Å². The van der Waals surface area contributed by atoms with Gasteiger partial charge in [-0.1, -0.05) is 0 Å². The van der Waals surface area contributed by atoms with Crippen molar-refractivity contribution in [1.29, 1.82) is 0 Å². The van der Waals surface area contributed by atoms with Gasteiger partial charge in [0, 0.05) is 58.0 Å². The van der Waals surface area contributed by atoms with Gasteiger partial charge in [-0.3, -0.25) is 4.79 Å². The summed E-state index contributed by atoms with van der Waals surface area (Å²) in [5, 5.41) is 0. The Kier molecular flexibility index (Phi) is 6.77. The zero-order valence-corrected chi connectivity index (χ0v) is 18.6. The lowest BCUT2D eigenvalue weighted by Crippen LogP contribution is -2.49. The summed E-state index contributed by atoms with van der Waals surface area (Å²) < 4.78 is 32.3. The summed E-state index contributed by atoms with van der Waals surface area (Å²) in [6.07, 6.45) is 6.37. The van der Waals surface area contributed by atoms with E-state index in [-0.39, 0.29) is 10.8 Å². The summed E-state index contributed by atoms with van der Waals surface area (Å²) in [4.78, 5) is 17.7. The van der Waals surface area contributed by atoms with E-state index in [1.807, 2.05) is 4.90 Å². The molecule has 0 aromatic heterocycles. The van der Waals surface area contributed by atoms with Gasteiger partial charge in [0.2, 0.25) is 10.0 Å². The van der Waals surface area contributed by atoms with Crippen molar-refractivity contribution in [3.05, 3.63) is 29.8 Å². The molecule has 0 N–H and O–H groups in total. The molecule has 3 heterocycles. The average molecular weight is 436 g/mol. The first-order valence-electron chi connectivity index (χ1n) is 11.2. The molecule has 30 heavy (non-hydrogen) atoms. The number of amides is 1. The quantitative estimate of drug-likeness (QED) is 0.709. The highest BCUT2D eigenvalue weighted by atomic mass is 32.2. The molecule has 166 valence electrons. The van der Waals surface area contributed by atoms with Crippen molar-refractivity contribution in [2.45, 2.75) is 55.6 Å². The fourth-order valence-corrected chi connectivity index (χ4v) is 6.46. The second-order valence-corrected chi connectivity index (χ2v) is 10.6. The van der Waals surface area contributed by atoms with E-state index in [0.29, 0.717) is 30.8 Å². The molecule has 4 rings (SSSR count). The smallest absolute Gasteiger partial charge is 0.253 e. The Bertz CT molecular complexity index is 820. The summed E-state index contributed by atoms with van der Waals surface area (Å²) in [6, 6.07) is 7.01. The number of benzene rings is 1. The minimum Gasteiger partial charge on any atom is -0.381 e. The molecule has 7 nitrogen and oxygen atoms in total. The molecule has 0 bridgehead atoms. The maximum atomic E-state index is 12.9. The van der Waals surface area contributed by atoms with E-state index in [1.165, 1.54) is 4.31 Å². The lowest BCUT2D eigenvalue weighted by atomic mass is 9.98. The summed E-state index contributed by atoms with van der Waals surface area (Å²) in [5.41, 5.74) is 0.565. The van der Waals surface area contributed by atoms with Crippen LogP contribution in [0.2, 0.25) is 0 Å². The lowest BCUT2D eigenvalue weighted by molar-refractivity contribution is 0.0145. The largest absolute Gasteiger partial charge is 0.381 e. The lowest BCUT2D eigenvalue weighted by Gasteiger charge is -2.41. The number of piperidine rings is 2. The van der Waals surface area contributed by atoms with Crippen molar-refractivity contribution in [2.24, 2.45) is 0 Å². The summed E-state index contributed by atoms with van der Waals surface area (Å²) in [5.74, 6) is -0.00309. The Morgan fingerprint density at radius 3 is 2.07 bits per heavy atom. The van der Waals surface area contributed by atoms with E-state index in [1.54, 1.807) is 31.4 Å². The van der Waals surface area contributed by atoms with Crippen molar-refractivity contribution in [3.8, 4) is 0 Å². The predicted molar refractivity (Wildman–Crippen MR) is 115 cm³/mol. The molecular formula is C22H33N3O4S. The number of likely N-dealkylation sites (tertiary alicyclic amines) is 2. The number of carbonyl (C=O) groups excluding carboxylic acids is 1. The number of carbonyl (C=O) groups is 1. The Morgan fingerprint density at radius 2 is 1.50 bits per heavy atom. The molecule has 0 atom stereocenters. The fourth-order valence-electron chi connectivity index (χ4n) is 4.94. The average Bonchev–Trinajstić information content (AvgIpc) is 3.35. The van der Waals surface area contributed by atoms with Crippen LogP contribution in [0.25, 0.3) is 0 Å². The third kappa shape index (κ3) is 4.56. The van der Waals surface area contributed by atoms with Crippen LogP contribution in [-0.4, -0.2) is 87.0 Å². The maximum Gasteiger partial charge on any atom is 0.253 e. The van der Waals surface area contributed by atoms with Crippen LogP contribution in [0.1, 0.15) is 48.9 Å². The number of nitrogens with zero attached hydrogens (tertiary/aromatic N) is 3. The Morgan fingerprint density at radius 1 is 0.900 bits per heavy atom. The molecule has 3 saturated heterocycles. The van der Waals surface area contributed by atoms with Crippen molar-refractivity contribution in [2.75, 3.05) is 46.4 Å². The fraction of sp³-hybridized carbons (Fsp3) is 0.682. The van der Waals surface area contributed by atoms with Gasteiger partial charge >= 0.3 is 0 Å². The van der Waals surface area contributed by atoms with Gasteiger partial charge in [0.1, 0.15) is 0 Å². The van der Waals surface area contributed by atoms with Crippen molar-refractivity contribution >= 4 is 15.9 Å². The van der Waals surface area contributed by atoms with Gasteiger partial charge in [-0.05, 0) is 62.8 Å². The first-order chi connectivity index (χ1) is 14.5. The number of ether oxygens (including phenoxy) is 1. The van der Waals surface area contributed by atoms with Crippen molar-refractivity contribution in [3.63, 3.8) is 0 Å². The van der Waals surface area contributed by atoms with Gasteiger partial charge in [0.25, 0.3) is 5.91 Å². The topological polar surface area (TPSA) is 70.2 Å². The van der Waals surface area contributed by atoms with E-state index in [0.717, 1.165) is 64.7 Å². The zero-order chi connectivity index (χ0) is 21.1. The van der Waals surface area contributed by atoms with Crippen molar-refractivity contribution < 1.29 is 17.9 Å². The number of methoxy groups -OCH3 is 1. The monoisotopic (exact) mass is 435 g/mol. The Hall–Kier alpha value is -1.48. The van der Waals surface area contributed by atoms with Gasteiger partial charge in [-0.15, -0.1) is 0 Å². The van der Waals surface area contributed by atoms with Crippen LogP contribution in [0, 0.1) is 0 Å². The summed E-state index contributed by atoms with van der Waals surface area (Å²) in [6.45, 7) is 4.82. The minimum absolute atomic E-state index is 0.00309. The third-order valence-corrected chi connectivity index (χ3v) is 8.79. The van der Waals surface area contributed by atoms with E-state index in [9.17, 15) is 13.2 Å². The van der Waals surface area contributed by atoms with Crippen LogP contribution in [0.15, 0.2) is 29.2 Å². The van der Waals surface area contributed by atoms with Crippen LogP contribution < -0.4 is 0 Å². The molecule has 0 radical (unpaired) electrons. The molecule has 3 aliphatic rings. The predicted octanol–water partition coefficient (Wildman–Crippen LogP) is 2.19. The number of rotatable bonds is 5. The normalized spacial score (nSPS) is 23.2. The van der Waals surface area contributed by atoms with E-state index in [4.69, 9.17) is 4.74 Å². The maximum absolute atomic E-state index is 12.9. The summed E-state index contributed by atoms with van der Waals surface area (Å²) >= 11 is 0. The van der Waals surface area contributed by atoms with Gasteiger partial charge in [0.15, 0.2) is 0 Å². The molecule has 3 aliphatic heterocycles. The van der Waals surface area contributed by atoms with Crippen molar-refractivity contribution in [1.82, 2.24) is 14.1 Å². The van der Waals surface area contributed by atoms with Crippen LogP contribution in [-0.2, 0) is 14.8 Å². The first-order valence-corrected chi connectivity index (χ1v) is 12.6. The highest BCUT2D eigenvalue weighted by Crippen LogP contribution is 2.24. The minimum atomic E-state index is -3.44. The molecular weight excluding hydrogens is 402 g/mol. The Balaban J connectivity index is 1.32.